The molecule has 1 aromatic rings. The van der Waals surface area contributed by atoms with Gasteiger partial charge in [-0.15, -0.1) is 0 Å². The van der Waals surface area contributed by atoms with Crippen molar-refractivity contribution in [1.82, 2.24) is 16.0 Å². The van der Waals surface area contributed by atoms with Crippen LogP contribution in [0.2, 0.25) is 5.02 Å². The van der Waals surface area contributed by atoms with Gasteiger partial charge in [0.2, 0.25) is 11.6 Å². The Bertz CT molecular complexity index is 749. The minimum absolute atomic E-state index is 0.195. The van der Waals surface area contributed by atoms with Crippen LogP contribution in [0, 0.1) is 0 Å². The van der Waals surface area contributed by atoms with E-state index < -0.39 is 34.2 Å². The third kappa shape index (κ3) is 4.50. The minimum Gasteiger partial charge on any atom is -0.355 e. The molecule has 1 aliphatic heterocycles. The molecule has 0 fully saturated rings. The lowest BCUT2D eigenvalue weighted by atomic mass is 10.1. The van der Waals surface area contributed by atoms with Crippen LogP contribution in [0.4, 0.5) is 13.2 Å². The van der Waals surface area contributed by atoms with E-state index in [4.69, 9.17) is 11.6 Å². The maximum Gasteiger partial charge on any atom is 0.417 e. The van der Waals surface area contributed by atoms with Gasteiger partial charge < -0.3 is 16.0 Å². The number of rotatable bonds is 4. The second-order valence-electron chi connectivity index (χ2n) is 5.22. The summed E-state index contributed by atoms with van der Waals surface area (Å²) in [5.41, 5.74) is -2.40. The molecule has 6 nitrogen and oxygen atoms in total. The van der Waals surface area contributed by atoms with E-state index in [1.807, 2.05) is 0 Å². The number of carbonyl (C=O) groups is 2. The summed E-state index contributed by atoms with van der Waals surface area (Å²) in [6.07, 6.45) is -0.675. The zero-order valence-corrected chi connectivity index (χ0v) is 13.7. The molecule has 1 unspecified atom stereocenters. The first kappa shape index (κ1) is 18.8. The Kier molecular flexibility index (Phi) is 5.36. The lowest BCUT2D eigenvalue weighted by Gasteiger charge is -2.30. The van der Waals surface area contributed by atoms with Crippen LogP contribution < -0.4 is 16.0 Å². The Balaban J connectivity index is 2.14. The normalized spacial score (nSPS) is 19.2. The summed E-state index contributed by atoms with van der Waals surface area (Å²) in [4.78, 5) is 27.6. The number of benzene rings is 1. The molecule has 0 saturated carbocycles. The first-order chi connectivity index (χ1) is 11.6. The molecular weight excluding hydrogens is 361 g/mol. The molecule has 2 amide bonds. The fourth-order valence-electron chi connectivity index (χ4n) is 2.15. The largest absolute Gasteiger partial charge is 0.417 e. The van der Waals surface area contributed by atoms with E-state index in [1.54, 1.807) is 0 Å². The fourth-order valence-corrected chi connectivity index (χ4v) is 2.38. The Morgan fingerprint density at radius 2 is 2.08 bits per heavy atom. The van der Waals surface area contributed by atoms with E-state index in [9.17, 15) is 22.8 Å². The molecule has 0 radical (unpaired) electrons. The molecule has 2 rings (SSSR count). The Morgan fingerprint density at radius 3 is 2.64 bits per heavy atom. The third-order valence-corrected chi connectivity index (χ3v) is 3.59. The molecule has 0 aliphatic carbocycles. The minimum atomic E-state index is -4.60. The highest BCUT2D eigenvalue weighted by Gasteiger charge is 2.38. The summed E-state index contributed by atoms with van der Waals surface area (Å²) in [5, 5.41) is 7.12. The molecule has 134 valence electrons. The molecule has 0 saturated heterocycles. The van der Waals surface area contributed by atoms with Gasteiger partial charge in [0.25, 0.3) is 5.91 Å². The highest BCUT2D eigenvalue weighted by atomic mass is 35.5. The molecule has 0 aromatic heterocycles. The second-order valence-corrected chi connectivity index (χ2v) is 5.63. The summed E-state index contributed by atoms with van der Waals surface area (Å²) in [6.45, 7) is 1.03. The van der Waals surface area contributed by atoms with Gasteiger partial charge in [-0.1, -0.05) is 17.7 Å². The fraction of sp³-hybridized carbons (Fsp3) is 0.267. The average molecular weight is 375 g/mol. The summed E-state index contributed by atoms with van der Waals surface area (Å²) in [6, 6.07) is 3.33. The van der Waals surface area contributed by atoms with Crippen molar-refractivity contribution < 1.29 is 22.8 Å². The molecule has 10 heteroatoms. The van der Waals surface area contributed by atoms with Gasteiger partial charge in [-0.25, -0.2) is 0 Å². The first-order valence-corrected chi connectivity index (χ1v) is 7.41. The Labute approximate surface area is 146 Å². The van der Waals surface area contributed by atoms with Gasteiger partial charge in [-0.05, 0) is 17.7 Å². The van der Waals surface area contributed by atoms with E-state index in [0.29, 0.717) is 0 Å². The Morgan fingerprint density at radius 1 is 1.36 bits per heavy atom. The topological polar surface area (TPSA) is 82.6 Å². The van der Waals surface area contributed by atoms with Crippen LogP contribution >= 0.6 is 11.6 Å². The van der Waals surface area contributed by atoms with Gasteiger partial charge in [0, 0.05) is 25.9 Å². The summed E-state index contributed by atoms with van der Waals surface area (Å²) in [5.74, 6) is -1.17. The molecule has 25 heavy (non-hydrogen) atoms. The van der Waals surface area contributed by atoms with Crippen LogP contribution in [0.5, 0.6) is 0 Å². The maximum absolute atomic E-state index is 12.9. The zero-order valence-electron chi connectivity index (χ0n) is 12.9. The smallest absolute Gasteiger partial charge is 0.355 e. The standard InChI is InChI=1S/C15H14ClF3N4O2/c1-9(24)23-14(8-20-4-5-22-14)13(25)21-7-10-2-3-12(16)11(6-10)15(17,18)19/h2-6,8,22H,7H2,1H3,(H,21,25)(H,23,24). The van der Waals surface area contributed by atoms with Crippen molar-refractivity contribution in [3.05, 3.63) is 46.7 Å². The number of nitrogens with zero attached hydrogens (tertiary/aromatic N) is 1. The van der Waals surface area contributed by atoms with Gasteiger partial charge in [0.05, 0.1) is 16.8 Å². The monoisotopic (exact) mass is 374 g/mol. The molecule has 0 bridgehead atoms. The van der Waals surface area contributed by atoms with Crippen molar-refractivity contribution in [1.29, 1.82) is 0 Å². The van der Waals surface area contributed by atoms with Gasteiger partial charge >= 0.3 is 6.18 Å². The summed E-state index contributed by atoms with van der Waals surface area (Å²) < 4.78 is 38.6. The van der Waals surface area contributed by atoms with E-state index in [-0.39, 0.29) is 12.1 Å². The van der Waals surface area contributed by atoms with Crippen molar-refractivity contribution in [2.45, 2.75) is 25.3 Å². The summed E-state index contributed by atoms with van der Waals surface area (Å²) >= 11 is 5.55. The number of nitrogens with one attached hydrogen (secondary N) is 3. The van der Waals surface area contributed by atoms with Crippen LogP contribution in [-0.4, -0.2) is 23.7 Å². The van der Waals surface area contributed by atoms with Gasteiger partial charge in [-0.2, -0.15) is 13.2 Å². The number of hydrogen-bond acceptors (Lipinski definition) is 4. The number of carbonyl (C=O) groups excluding carboxylic acids is 2. The number of hydrogen-bond donors (Lipinski definition) is 3. The van der Waals surface area contributed by atoms with Crippen LogP contribution in [0.3, 0.4) is 0 Å². The van der Waals surface area contributed by atoms with E-state index in [0.717, 1.165) is 12.1 Å². The van der Waals surface area contributed by atoms with Crippen LogP contribution in [-0.2, 0) is 22.3 Å². The average Bonchev–Trinajstić information content (AvgIpc) is 2.53. The van der Waals surface area contributed by atoms with Crippen molar-refractivity contribution in [2.75, 3.05) is 0 Å². The van der Waals surface area contributed by atoms with Gasteiger partial charge in [-0.3, -0.25) is 14.6 Å². The quantitative estimate of drug-likeness (QED) is 0.753. The van der Waals surface area contributed by atoms with E-state index in [1.165, 1.54) is 31.6 Å². The second kappa shape index (κ2) is 7.14. The van der Waals surface area contributed by atoms with Crippen molar-refractivity contribution in [3.8, 4) is 0 Å². The van der Waals surface area contributed by atoms with Gasteiger partial charge in [0.15, 0.2) is 0 Å². The SMILES string of the molecule is CC(=O)NC1(C(=O)NCc2ccc(Cl)c(C(F)(F)F)c2)C=NC=CN1. The molecule has 3 N–H and O–H groups in total. The van der Waals surface area contributed by atoms with Crippen LogP contribution in [0.15, 0.2) is 35.6 Å². The molecule has 0 spiro atoms. The van der Waals surface area contributed by atoms with Crippen LogP contribution in [0.25, 0.3) is 0 Å². The lowest BCUT2D eigenvalue weighted by Crippen LogP contribution is -2.67. The lowest BCUT2D eigenvalue weighted by molar-refractivity contribution is -0.137. The van der Waals surface area contributed by atoms with E-state index >= 15 is 0 Å². The molecule has 1 aromatic carbocycles. The molecule has 1 atom stereocenters. The number of aliphatic imine (C=N–C) groups is 1. The highest BCUT2D eigenvalue weighted by molar-refractivity contribution is 6.31. The first-order valence-electron chi connectivity index (χ1n) is 7.04. The Hall–Kier alpha value is -2.55. The number of alkyl halides is 3. The zero-order chi connectivity index (χ0) is 18.7. The molecule has 1 heterocycles. The van der Waals surface area contributed by atoms with Crippen LogP contribution in [0.1, 0.15) is 18.1 Å². The van der Waals surface area contributed by atoms with Crippen molar-refractivity contribution in [2.24, 2.45) is 4.99 Å². The predicted octanol–water partition coefficient (Wildman–Crippen LogP) is 1.95. The van der Waals surface area contributed by atoms with Crippen molar-refractivity contribution in [3.63, 3.8) is 0 Å². The number of halogens is 4. The highest BCUT2D eigenvalue weighted by Crippen LogP contribution is 2.35. The predicted molar refractivity (Wildman–Crippen MR) is 85.6 cm³/mol. The van der Waals surface area contributed by atoms with E-state index in [2.05, 4.69) is 20.9 Å². The van der Waals surface area contributed by atoms with Gasteiger partial charge in [0.1, 0.15) is 0 Å². The maximum atomic E-state index is 12.9. The molecule has 1 aliphatic rings. The number of amides is 2. The third-order valence-electron chi connectivity index (χ3n) is 3.26. The summed E-state index contributed by atoms with van der Waals surface area (Å²) in [7, 11) is 0. The van der Waals surface area contributed by atoms with Crippen molar-refractivity contribution >= 4 is 29.6 Å². The molecular formula is C15H14ClF3N4O2.